The van der Waals surface area contributed by atoms with E-state index in [1.54, 1.807) is 31.2 Å². The Bertz CT molecular complexity index is 499. The van der Waals surface area contributed by atoms with Crippen molar-refractivity contribution in [2.75, 3.05) is 13.7 Å². The van der Waals surface area contributed by atoms with Crippen LogP contribution in [0, 0.1) is 0 Å². The Hall–Kier alpha value is -1.07. The van der Waals surface area contributed by atoms with Crippen LogP contribution in [0.25, 0.3) is 0 Å². The van der Waals surface area contributed by atoms with E-state index in [4.69, 9.17) is 4.74 Å². The third-order valence-corrected chi connectivity index (χ3v) is 5.60. The molecule has 0 bridgehead atoms. The van der Waals surface area contributed by atoms with Crippen LogP contribution in [-0.4, -0.2) is 33.4 Å². The van der Waals surface area contributed by atoms with Crippen molar-refractivity contribution in [1.82, 2.24) is 5.32 Å². The van der Waals surface area contributed by atoms with Gasteiger partial charge in [0.15, 0.2) is 9.84 Å². The van der Waals surface area contributed by atoms with Crippen LogP contribution >= 0.6 is 0 Å². The molecule has 0 aliphatic rings. The Morgan fingerprint density at radius 3 is 2.42 bits per heavy atom. The van der Waals surface area contributed by atoms with Crippen LogP contribution in [0.4, 0.5) is 0 Å². The summed E-state index contributed by atoms with van der Waals surface area (Å²) in [6.07, 6.45) is 0.767. The number of benzene rings is 1. The summed E-state index contributed by atoms with van der Waals surface area (Å²) in [6, 6.07) is 6.71. The average Bonchev–Trinajstić information content (AvgIpc) is 2.43. The minimum atomic E-state index is -3.40. The molecule has 1 aromatic carbocycles. The smallest absolute Gasteiger partial charge is 0.186 e. The van der Waals surface area contributed by atoms with E-state index < -0.39 is 15.1 Å². The van der Waals surface area contributed by atoms with Gasteiger partial charge >= 0.3 is 0 Å². The maximum absolute atomic E-state index is 12.7. The van der Waals surface area contributed by atoms with Crippen LogP contribution in [0.15, 0.2) is 29.2 Å². The number of ether oxygens (including phenoxy) is 1. The van der Waals surface area contributed by atoms with E-state index in [1.807, 2.05) is 13.8 Å². The van der Waals surface area contributed by atoms with Crippen LogP contribution in [0.3, 0.4) is 0 Å². The third kappa shape index (κ3) is 3.48. The Labute approximate surface area is 116 Å². The van der Waals surface area contributed by atoms with Crippen molar-refractivity contribution in [3.8, 4) is 5.75 Å². The fraction of sp³-hybridized carbons (Fsp3) is 0.571. The van der Waals surface area contributed by atoms with Crippen molar-refractivity contribution in [3.63, 3.8) is 0 Å². The molecular weight excluding hydrogens is 262 g/mol. The molecule has 4 nitrogen and oxygen atoms in total. The zero-order valence-corrected chi connectivity index (χ0v) is 12.8. The first-order valence-electron chi connectivity index (χ1n) is 6.59. The Morgan fingerprint density at radius 1 is 1.26 bits per heavy atom. The number of rotatable bonds is 7. The third-order valence-electron chi connectivity index (χ3n) is 3.34. The highest BCUT2D eigenvalue weighted by Gasteiger charge is 2.31. The fourth-order valence-corrected chi connectivity index (χ4v) is 4.00. The highest BCUT2D eigenvalue weighted by atomic mass is 32.2. The van der Waals surface area contributed by atoms with E-state index in [1.165, 1.54) is 7.11 Å². The molecule has 5 heteroatoms. The lowest BCUT2D eigenvalue weighted by molar-refractivity contribution is 0.401. The molecule has 2 unspecified atom stereocenters. The molecule has 0 saturated carbocycles. The number of hydrogen-bond donors (Lipinski definition) is 1. The topological polar surface area (TPSA) is 55.4 Å². The summed E-state index contributed by atoms with van der Waals surface area (Å²) in [5.74, 6) is 0.403. The molecule has 0 aliphatic carbocycles. The van der Waals surface area contributed by atoms with Crippen molar-refractivity contribution < 1.29 is 13.2 Å². The molecule has 2 atom stereocenters. The van der Waals surface area contributed by atoms with Gasteiger partial charge in [-0.2, -0.15) is 0 Å². The molecule has 108 valence electrons. The van der Waals surface area contributed by atoms with Crippen molar-refractivity contribution in [1.29, 1.82) is 0 Å². The first kappa shape index (κ1) is 16.0. The molecule has 0 saturated heterocycles. The summed E-state index contributed by atoms with van der Waals surface area (Å²) in [7, 11) is -1.92. The molecule has 0 radical (unpaired) electrons. The van der Waals surface area contributed by atoms with Gasteiger partial charge in [0.25, 0.3) is 0 Å². The maximum atomic E-state index is 12.7. The van der Waals surface area contributed by atoms with Gasteiger partial charge in [0.1, 0.15) is 10.6 Å². The predicted octanol–water partition coefficient (Wildman–Crippen LogP) is 2.25. The summed E-state index contributed by atoms with van der Waals surface area (Å²) in [5.41, 5.74) is 0. The van der Waals surface area contributed by atoms with Gasteiger partial charge in [-0.3, -0.25) is 0 Å². The van der Waals surface area contributed by atoms with Gasteiger partial charge in [0, 0.05) is 6.04 Å². The summed E-state index contributed by atoms with van der Waals surface area (Å²) in [5, 5.41) is 2.73. The van der Waals surface area contributed by atoms with Gasteiger partial charge in [-0.1, -0.05) is 26.0 Å². The summed E-state index contributed by atoms with van der Waals surface area (Å²) >= 11 is 0. The van der Waals surface area contributed by atoms with E-state index in [9.17, 15) is 8.42 Å². The second-order valence-corrected chi connectivity index (χ2v) is 6.75. The van der Waals surface area contributed by atoms with Crippen LogP contribution in [-0.2, 0) is 9.84 Å². The van der Waals surface area contributed by atoms with Crippen LogP contribution < -0.4 is 10.1 Å². The molecule has 0 aliphatic heterocycles. The largest absolute Gasteiger partial charge is 0.495 e. The maximum Gasteiger partial charge on any atom is 0.186 e. The summed E-state index contributed by atoms with van der Waals surface area (Å²) in [4.78, 5) is 0.265. The Morgan fingerprint density at radius 2 is 1.89 bits per heavy atom. The summed E-state index contributed by atoms with van der Waals surface area (Å²) in [6.45, 7) is 6.47. The monoisotopic (exact) mass is 285 g/mol. The average molecular weight is 285 g/mol. The van der Waals surface area contributed by atoms with E-state index in [0.717, 1.165) is 13.0 Å². The van der Waals surface area contributed by atoms with E-state index in [0.29, 0.717) is 5.75 Å². The Kier molecular flexibility index (Phi) is 5.82. The number of sulfone groups is 1. The highest BCUT2D eigenvalue weighted by molar-refractivity contribution is 7.92. The SMILES string of the molecule is CCNC(CC)C(C)S(=O)(=O)c1ccccc1OC. The minimum Gasteiger partial charge on any atom is -0.495 e. The first-order chi connectivity index (χ1) is 8.98. The number of nitrogens with one attached hydrogen (secondary N) is 1. The normalized spacial score (nSPS) is 14.9. The first-order valence-corrected chi connectivity index (χ1v) is 8.13. The molecule has 0 aromatic heterocycles. The van der Waals surface area contributed by atoms with Crippen molar-refractivity contribution in [3.05, 3.63) is 24.3 Å². The number of hydrogen-bond acceptors (Lipinski definition) is 4. The summed E-state index contributed by atoms with van der Waals surface area (Å²) < 4.78 is 30.5. The second kappa shape index (κ2) is 6.91. The zero-order chi connectivity index (χ0) is 14.5. The molecule has 1 rings (SSSR count). The van der Waals surface area contributed by atoms with Gasteiger partial charge < -0.3 is 10.1 Å². The van der Waals surface area contributed by atoms with E-state index >= 15 is 0 Å². The van der Waals surface area contributed by atoms with Crippen molar-refractivity contribution >= 4 is 9.84 Å². The minimum absolute atomic E-state index is 0.0556. The van der Waals surface area contributed by atoms with Gasteiger partial charge in [-0.05, 0) is 32.0 Å². The lowest BCUT2D eigenvalue weighted by Crippen LogP contribution is -2.42. The molecule has 19 heavy (non-hydrogen) atoms. The van der Waals surface area contributed by atoms with E-state index in [-0.39, 0.29) is 10.9 Å². The molecule has 0 fully saturated rings. The quantitative estimate of drug-likeness (QED) is 0.835. The number of para-hydroxylation sites is 1. The van der Waals surface area contributed by atoms with E-state index in [2.05, 4.69) is 5.32 Å². The molecule has 1 aromatic rings. The lowest BCUT2D eigenvalue weighted by atomic mass is 10.2. The van der Waals surface area contributed by atoms with Gasteiger partial charge in [0.2, 0.25) is 0 Å². The van der Waals surface area contributed by atoms with Crippen LogP contribution in [0.5, 0.6) is 5.75 Å². The van der Waals surface area contributed by atoms with Crippen molar-refractivity contribution in [2.45, 2.75) is 43.4 Å². The van der Waals surface area contributed by atoms with Crippen LogP contribution in [0.2, 0.25) is 0 Å². The fourth-order valence-electron chi connectivity index (χ4n) is 2.17. The number of methoxy groups -OCH3 is 1. The zero-order valence-electron chi connectivity index (χ0n) is 12.0. The lowest BCUT2D eigenvalue weighted by Gasteiger charge is -2.24. The molecule has 0 amide bonds. The Balaban J connectivity index is 3.15. The van der Waals surface area contributed by atoms with Gasteiger partial charge in [0.05, 0.1) is 12.4 Å². The van der Waals surface area contributed by atoms with Gasteiger partial charge in [-0.15, -0.1) is 0 Å². The molecule has 1 N–H and O–H groups in total. The van der Waals surface area contributed by atoms with Crippen molar-refractivity contribution in [2.24, 2.45) is 0 Å². The van der Waals surface area contributed by atoms with Gasteiger partial charge in [-0.25, -0.2) is 8.42 Å². The molecule has 0 heterocycles. The predicted molar refractivity (Wildman–Crippen MR) is 77.4 cm³/mol. The molecular formula is C14H23NO3S. The molecule has 0 spiro atoms. The standard InChI is InChI=1S/C14H23NO3S/c1-5-12(15-6-2)11(3)19(16,17)14-10-8-7-9-13(14)18-4/h7-12,15H,5-6H2,1-4H3. The second-order valence-electron chi connectivity index (χ2n) is 4.47. The van der Waals surface area contributed by atoms with Crippen LogP contribution in [0.1, 0.15) is 27.2 Å². The highest BCUT2D eigenvalue weighted by Crippen LogP contribution is 2.28.